The predicted molar refractivity (Wildman–Crippen MR) is 196 cm³/mol. The molecule has 0 aliphatic heterocycles. The van der Waals surface area contributed by atoms with Gasteiger partial charge < -0.3 is 9.13 Å². The highest BCUT2D eigenvalue weighted by atomic mass is 32.1. The van der Waals surface area contributed by atoms with Crippen molar-refractivity contribution in [1.82, 2.24) is 19.1 Å². The minimum atomic E-state index is 1.14. The molecule has 0 unspecified atom stereocenters. The summed E-state index contributed by atoms with van der Waals surface area (Å²) in [6, 6.07) is 40.1. The van der Waals surface area contributed by atoms with Crippen LogP contribution in [0.15, 0.2) is 134 Å². The molecule has 0 fully saturated rings. The minimum absolute atomic E-state index is 1.14. The van der Waals surface area contributed by atoms with E-state index in [1.54, 1.807) is 0 Å². The van der Waals surface area contributed by atoms with E-state index < -0.39 is 0 Å². The number of aromatic nitrogens is 4. The molecule has 11 rings (SSSR count). The number of thiophene rings is 2. The second-order valence-electron chi connectivity index (χ2n) is 11.9. The van der Waals surface area contributed by atoms with Gasteiger partial charge in [0.1, 0.15) is 0 Å². The molecule has 0 saturated heterocycles. The molecule has 0 aliphatic carbocycles. The fourth-order valence-corrected chi connectivity index (χ4v) is 9.70. The van der Waals surface area contributed by atoms with E-state index in [1.165, 1.54) is 62.2 Å². The zero-order valence-electron chi connectivity index (χ0n) is 24.3. The van der Waals surface area contributed by atoms with Crippen LogP contribution in [0.3, 0.4) is 0 Å². The highest BCUT2D eigenvalue weighted by Crippen LogP contribution is 2.43. The van der Waals surface area contributed by atoms with Crippen molar-refractivity contribution in [2.45, 2.75) is 0 Å². The molecule has 0 saturated carbocycles. The molecule has 0 bridgehead atoms. The first kappa shape index (κ1) is 24.7. The Kier molecular flexibility index (Phi) is 4.84. The maximum Gasteiger partial charge on any atom is 0.0789 e. The summed E-state index contributed by atoms with van der Waals surface area (Å²) in [5, 5.41) is 9.83. The van der Waals surface area contributed by atoms with Crippen LogP contribution in [0.4, 0.5) is 0 Å². The molecule has 4 nitrogen and oxygen atoms in total. The van der Waals surface area contributed by atoms with E-state index in [0.29, 0.717) is 0 Å². The maximum atomic E-state index is 4.59. The normalized spacial score (nSPS) is 12.3. The first-order valence-electron chi connectivity index (χ1n) is 15.3. The first-order chi connectivity index (χ1) is 22.8. The molecule has 214 valence electrons. The second-order valence-corrected chi connectivity index (χ2v) is 14.0. The van der Waals surface area contributed by atoms with Crippen molar-refractivity contribution in [2.24, 2.45) is 0 Å². The van der Waals surface area contributed by atoms with Crippen molar-refractivity contribution in [3.8, 4) is 11.4 Å². The van der Waals surface area contributed by atoms with Gasteiger partial charge in [0, 0.05) is 98.1 Å². The molecule has 6 heteroatoms. The van der Waals surface area contributed by atoms with Gasteiger partial charge in [-0.2, -0.15) is 0 Å². The lowest BCUT2D eigenvalue weighted by atomic mass is 10.1. The Hall–Kier alpha value is -5.56. The molecule has 0 radical (unpaired) electrons. The standard InChI is InChI=1S/C40H22N4S2/c1-3-7-35-25(5-1)29-19-23(9-13-37(29)45-35)43-33-15-17-41-21-31(33)27-11-12-28-32-22-42-18-16-34(32)44(40(28)39(27)43)24-10-14-38-30(20-24)26-6-2-4-8-36(26)46-38/h1-22H. The van der Waals surface area contributed by atoms with Gasteiger partial charge in [-0.3, -0.25) is 9.97 Å². The van der Waals surface area contributed by atoms with Crippen molar-refractivity contribution in [3.63, 3.8) is 0 Å². The highest BCUT2D eigenvalue weighted by Gasteiger charge is 2.22. The van der Waals surface area contributed by atoms with Crippen LogP contribution in [0.5, 0.6) is 0 Å². The Morgan fingerprint density at radius 3 is 1.35 bits per heavy atom. The Bertz CT molecular complexity index is 2840. The largest absolute Gasteiger partial charge is 0.307 e. The third-order valence-corrected chi connectivity index (χ3v) is 11.8. The zero-order chi connectivity index (χ0) is 29.9. The molecule has 6 heterocycles. The molecule has 0 N–H and O–H groups in total. The summed E-state index contributed by atoms with van der Waals surface area (Å²) in [6.07, 6.45) is 7.83. The molecule has 0 spiro atoms. The SMILES string of the molecule is c1ccc2c(c1)sc1ccc(-n3c4ccncc4c4ccc5c6cnccc6n(-c6ccc7sc8ccccc8c7c6)c5c43)cc12. The summed E-state index contributed by atoms with van der Waals surface area (Å²) in [7, 11) is 0. The first-order valence-corrected chi connectivity index (χ1v) is 16.9. The van der Waals surface area contributed by atoms with E-state index in [4.69, 9.17) is 0 Å². The van der Waals surface area contributed by atoms with Crippen LogP contribution in [0.1, 0.15) is 0 Å². The van der Waals surface area contributed by atoms with Crippen molar-refractivity contribution in [3.05, 3.63) is 134 Å². The van der Waals surface area contributed by atoms with E-state index in [1.807, 2.05) is 47.5 Å². The van der Waals surface area contributed by atoms with Gasteiger partial charge in [-0.25, -0.2) is 0 Å². The van der Waals surface area contributed by atoms with Crippen LogP contribution < -0.4 is 0 Å². The summed E-state index contributed by atoms with van der Waals surface area (Å²) in [5.41, 5.74) is 6.92. The van der Waals surface area contributed by atoms with Gasteiger partial charge in [0.25, 0.3) is 0 Å². The van der Waals surface area contributed by atoms with Crippen molar-refractivity contribution >= 4 is 107 Å². The monoisotopic (exact) mass is 622 g/mol. The molecular weight excluding hydrogens is 601 g/mol. The highest BCUT2D eigenvalue weighted by molar-refractivity contribution is 7.26. The Morgan fingerprint density at radius 2 is 0.848 bits per heavy atom. The smallest absolute Gasteiger partial charge is 0.0789 e. The molecule has 46 heavy (non-hydrogen) atoms. The van der Waals surface area contributed by atoms with Crippen molar-refractivity contribution in [2.75, 3.05) is 0 Å². The van der Waals surface area contributed by atoms with Gasteiger partial charge in [0.15, 0.2) is 0 Å². The number of nitrogens with zero attached hydrogens (tertiary/aromatic N) is 4. The summed E-state index contributed by atoms with van der Waals surface area (Å²) >= 11 is 3.71. The number of hydrogen-bond donors (Lipinski definition) is 0. The lowest BCUT2D eigenvalue weighted by molar-refractivity contribution is 1.15. The number of hydrogen-bond acceptors (Lipinski definition) is 4. The Labute approximate surface area is 270 Å². The Morgan fingerprint density at radius 1 is 0.391 bits per heavy atom. The molecule has 6 aromatic heterocycles. The summed E-state index contributed by atoms with van der Waals surface area (Å²) in [5.74, 6) is 0. The number of rotatable bonds is 2. The van der Waals surface area contributed by atoms with Gasteiger partial charge >= 0.3 is 0 Å². The summed E-state index contributed by atoms with van der Waals surface area (Å²) in [6.45, 7) is 0. The topological polar surface area (TPSA) is 35.6 Å². The van der Waals surface area contributed by atoms with E-state index in [9.17, 15) is 0 Å². The molecular formula is C40H22N4S2. The zero-order valence-corrected chi connectivity index (χ0v) is 25.9. The molecule has 0 atom stereocenters. The fraction of sp³-hybridized carbons (Fsp3) is 0. The Balaban J connectivity index is 1.32. The fourth-order valence-electron chi connectivity index (χ4n) is 7.53. The quantitative estimate of drug-likeness (QED) is 0.192. The van der Waals surface area contributed by atoms with E-state index in [2.05, 4.69) is 128 Å². The average Bonchev–Trinajstić information content (AvgIpc) is 3.85. The summed E-state index contributed by atoms with van der Waals surface area (Å²) < 4.78 is 10.1. The minimum Gasteiger partial charge on any atom is -0.307 e. The van der Waals surface area contributed by atoms with Crippen LogP contribution in [0.25, 0.3) is 95.3 Å². The number of pyridine rings is 2. The second kappa shape index (κ2) is 9.01. The van der Waals surface area contributed by atoms with Crippen LogP contribution in [0, 0.1) is 0 Å². The third-order valence-electron chi connectivity index (χ3n) is 9.49. The van der Waals surface area contributed by atoms with Crippen LogP contribution >= 0.6 is 22.7 Å². The lowest BCUT2D eigenvalue weighted by Crippen LogP contribution is -1.98. The van der Waals surface area contributed by atoms with Crippen molar-refractivity contribution in [1.29, 1.82) is 0 Å². The van der Waals surface area contributed by atoms with Crippen LogP contribution in [-0.2, 0) is 0 Å². The van der Waals surface area contributed by atoms with Gasteiger partial charge in [0.2, 0.25) is 0 Å². The van der Waals surface area contributed by atoms with E-state index >= 15 is 0 Å². The van der Waals surface area contributed by atoms with Gasteiger partial charge in [-0.1, -0.05) is 48.5 Å². The van der Waals surface area contributed by atoms with E-state index in [0.717, 1.165) is 33.2 Å². The number of fused-ring (bicyclic) bond motifs is 13. The maximum absolute atomic E-state index is 4.59. The van der Waals surface area contributed by atoms with Gasteiger partial charge in [-0.05, 0) is 60.7 Å². The third kappa shape index (κ3) is 3.22. The van der Waals surface area contributed by atoms with Crippen LogP contribution in [-0.4, -0.2) is 19.1 Å². The lowest BCUT2D eigenvalue weighted by Gasteiger charge is -2.13. The van der Waals surface area contributed by atoms with E-state index in [-0.39, 0.29) is 0 Å². The molecule has 0 amide bonds. The molecule has 0 aliphatic rings. The number of benzene rings is 5. The average molecular weight is 623 g/mol. The van der Waals surface area contributed by atoms with Crippen LogP contribution in [0.2, 0.25) is 0 Å². The summed E-state index contributed by atoms with van der Waals surface area (Å²) in [4.78, 5) is 9.17. The predicted octanol–water partition coefficient (Wildman–Crippen LogP) is 11.4. The van der Waals surface area contributed by atoms with Gasteiger partial charge in [-0.15, -0.1) is 22.7 Å². The van der Waals surface area contributed by atoms with Gasteiger partial charge in [0.05, 0.1) is 22.1 Å². The molecule has 5 aromatic carbocycles. The van der Waals surface area contributed by atoms with Crippen molar-refractivity contribution < 1.29 is 0 Å². The molecule has 11 aromatic rings.